The molecule has 0 aromatic rings. The first-order chi connectivity index (χ1) is 7.70. The molecule has 0 bridgehead atoms. The minimum atomic E-state index is 0.322. The molecule has 0 amide bonds. The van der Waals surface area contributed by atoms with Crippen LogP contribution in [0.25, 0.3) is 0 Å². The molecule has 0 saturated heterocycles. The Morgan fingerprint density at radius 3 is 1.94 bits per heavy atom. The van der Waals surface area contributed by atoms with Crippen molar-refractivity contribution in [2.24, 2.45) is 23.2 Å². The summed E-state index contributed by atoms with van der Waals surface area (Å²) in [4.78, 5) is 0. The highest BCUT2D eigenvalue weighted by atomic mass is 35.5. The van der Waals surface area contributed by atoms with E-state index in [0.29, 0.717) is 10.8 Å². The minimum Gasteiger partial charge on any atom is -0.123 e. The maximum atomic E-state index is 6.05. The van der Waals surface area contributed by atoms with Gasteiger partial charge >= 0.3 is 0 Å². The smallest absolute Gasteiger partial charge is 0.0307 e. The number of alkyl halides is 1. The SMILES string of the molecule is CCC(C)CC(C)(C)C(C)C(C)CCC(C)Cl. The van der Waals surface area contributed by atoms with Crippen molar-refractivity contribution in [3.8, 4) is 0 Å². The van der Waals surface area contributed by atoms with E-state index in [1.807, 2.05) is 0 Å². The van der Waals surface area contributed by atoms with Crippen LogP contribution in [0.2, 0.25) is 0 Å². The average molecular weight is 261 g/mol. The van der Waals surface area contributed by atoms with Crippen LogP contribution in [0.15, 0.2) is 0 Å². The van der Waals surface area contributed by atoms with Crippen molar-refractivity contribution in [3.05, 3.63) is 0 Å². The quantitative estimate of drug-likeness (QED) is 0.461. The minimum absolute atomic E-state index is 0.322. The number of hydrogen-bond donors (Lipinski definition) is 0. The van der Waals surface area contributed by atoms with Crippen molar-refractivity contribution in [2.75, 3.05) is 0 Å². The van der Waals surface area contributed by atoms with Gasteiger partial charge in [-0.05, 0) is 49.4 Å². The normalized spacial score (nSPS) is 19.8. The number of hydrogen-bond acceptors (Lipinski definition) is 0. The van der Waals surface area contributed by atoms with Crippen LogP contribution >= 0.6 is 11.6 Å². The molecule has 0 spiro atoms. The lowest BCUT2D eigenvalue weighted by atomic mass is 9.68. The maximum absolute atomic E-state index is 6.05. The molecular weight excluding hydrogens is 228 g/mol. The van der Waals surface area contributed by atoms with Crippen molar-refractivity contribution in [3.63, 3.8) is 0 Å². The van der Waals surface area contributed by atoms with Crippen molar-refractivity contribution >= 4 is 11.6 Å². The fraction of sp³-hybridized carbons (Fsp3) is 1.00. The van der Waals surface area contributed by atoms with Gasteiger partial charge in [0.05, 0.1) is 0 Å². The largest absolute Gasteiger partial charge is 0.123 e. The summed E-state index contributed by atoms with van der Waals surface area (Å²) in [6.07, 6.45) is 5.04. The van der Waals surface area contributed by atoms with E-state index in [-0.39, 0.29) is 0 Å². The fourth-order valence-electron chi connectivity index (χ4n) is 2.74. The molecule has 0 N–H and O–H groups in total. The summed E-state index contributed by atoms with van der Waals surface area (Å²) in [6.45, 7) is 16.5. The van der Waals surface area contributed by atoms with E-state index in [1.165, 1.54) is 19.3 Å². The standard InChI is InChI=1S/C16H33Cl/c1-8-12(2)11-16(6,7)15(5)13(3)9-10-14(4)17/h12-15H,8-11H2,1-7H3. The van der Waals surface area contributed by atoms with Gasteiger partial charge in [0, 0.05) is 5.38 Å². The highest BCUT2D eigenvalue weighted by Crippen LogP contribution is 2.40. The van der Waals surface area contributed by atoms with Gasteiger partial charge < -0.3 is 0 Å². The van der Waals surface area contributed by atoms with Crippen LogP contribution in [-0.2, 0) is 0 Å². The highest BCUT2D eigenvalue weighted by molar-refractivity contribution is 6.20. The summed E-state index contributed by atoms with van der Waals surface area (Å²) in [5, 5.41) is 0.322. The third kappa shape index (κ3) is 6.70. The van der Waals surface area contributed by atoms with E-state index >= 15 is 0 Å². The summed E-state index contributed by atoms with van der Waals surface area (Å²) in [5.41, 5.74) is 0.449. The molecule has 0 aliphatic carbocycles. The molecule has 1 heteroatoms. The fourth-order valence-corrected chi connectivity index (χ4v) is 2.87. The molecule has 104 valence electrons. The van der Waals surface area contributed by atoms with E-state index in [1.54, 1.807) is 0 Å². The Morgan fingerprint density at radius 2 is 1.53 bits per heavy atom. The first-order valence-corrected chi connectivity index (χ1v) is 7.78. The molecule has 0 heterocycles. The second kappa shape index (κ2) is 7.67. The Hall–Kier alpha value is 0.290. The summed E-state index contributed by atoms with van der Waals surface area (Å²) in [5.74, 6) is 2.38. The zero-order chi connectivity index (χ0) is 13.6. The van der Waals surface area contributed by atoms with E-state index in [2.05, 4.69) is 48.5 Å². The van der Waals surface area contributed by atoms with Crippen molar-refractivity contribution in [2.45, 2.75) is 79.5 Å². The number of halogens is 1. The first kappa shape index (κ1) is 17.3. The number of rotatable bonds is 8. The Bertz CT molecular complexity index is 196. The van der Waals surface area contributed by atoms with Crippen LogP contribution in [0, 0.1) is 23.2 Å². The van der Waals surface area contributed by atoms with Gasteiger partial charge in [0.25, 0.3) is 0 Å². The van der Waals surface area contributed by atoms with E-state index < -0.39 is 0 Å². The molecule has 0 aliphatic heterocycles. The molecule has 0 nitrogen and oxygen atoms in total. The predicted octanol–water partition coefficient (Wildman–Crippen LogP) is 6.13. The summed E-state index contributed by atoms with van der Waals surface area (Å²) in [7, 11) is 0. The zero-order valence-electron chi connectivity index (χ0n) is 13.0. The third-order valence-electron chi connectivity index (χ3n) is 4.68. The van der Waals surface area contributed by atoms with Gasteiger partial charge in [-0.25, -0.2) is 0 Å². The lowest BCUT2D eigenvalue weighted by Gasteiger charge is -2.38. The van der Waals surface area contributed by atoms with Crippen LogP contribution in [0.1, 0.15) is 74.1 Å². The lowest BCUT2D eigenvalue weighted by molar-refractivity contribution is 0.123. The summed E-state index contributed by atoms with van der Waals surface area (Å²) in [6, 6.07) is 0. The molecule has 0 aromatic carbocycles. The molecule has 0 radical (unpaired) electrons. The Labute approximate surface area is 115 Å². The summed E-state index contributed by atoms with van der Waals surface area (Å²) >= 11 is 6.05. The third-order valence-corrected chi connectivity index (χ3v) is 4.90. The van der Waals surface area contributed by atoms with Gasteiger partial charge in [-0.15, -0.1) is 11.6 Å². The Kier molecular flexibility index (Phi) is 7.80. The van der Waals surface area contributed by atoms with E-state index in [0.717, 1.165) is 24.2 Å². The topological polar surface area (TPSA) is 0 Å². The Balaban J connectivity index is 4.29. The maximum Gasteiger partial charge on any atom is 0.0307 e. The van der Waals surface area contributed by atoms with Crippen LogP contribution in [0.3, 0.4) is 0 Å². The summed E-state index contributed by atoms with van der Waals surface area (Å²) < 4.78 is 0. The molecule has 4 unspecified atom stereocenters. The van der Waals surface area contributed by atoms with Crippen LogP contribution in [0.4, 0.5) is 0 Å². The van der Waals surface area contributed by atoms with Crippen LogP contribution in [-0.4, -0.2) is 5.38 Å². The van der Waals surface area contributed by atoms with Crippen molar-refractivity contribution in [1.29, 1.82) is 0 Å². The van der Waals surface area contributed by atoms with Gasteiger partial charge in [-0.3, -0.25) is 0 Å². The van der Waals surface area contributed by atoms with Crippen LogP contribution < -0.4 is 0 Å². The van der Waals surface area contributed by atoms with E-state index in [9.17, 15) is 0 Å². The molecule has 0 aromatic heterocycles. The molecule has 0 fully saturated rings. The molecule has 0 rings (SSSR count). The molecular formula is C16H33Cl. The predicted molar refractivity (Wildman–Crippen MR) is 80.7 cm³/mol. The van der Waals surface area contributed by atoms with Crippen molar-refractivity contribution < 1.29 is 0 Å². The first-order valence-electron chi connectivity index (χ1n) is 7.34. The van der Waals surface area contributed by atoms with Crippen LogP contribution in [0.5, 0.6) is 0 Å². The average Bonchev–Trinajstić information content (AvgIpc) is 2.23. The highest BCUT2D eigenvalue weighted by Gasteiger charge is 2.30. The lowest BCUT2D eigenvalue weighted by Crippen LogP contribution is -2.29. The second-order valence-corrected chi connectivity index (χ2v) is 7.58. The Morgan fingerprint density at radius 1 is 1.00 bits per heavy atom. The molecule has 0 aliphatic rings. The van der Waals surface area contributed by atoms with Gasteiger partial charge in [-0.2, -0.15) is 0 Å². The van der Waals surface area contributed by atoms with E-state index in [4.69, 9.17) is 11.6 Å². The van der Waals surface area contributed by atoms with Gasteiger partial charge in [0.15, 0.2) is 0 Å². The van der Waals surface area contributed by atoms with Crippen molar-refractivity contribution in [1.82, 2.24) is 0 Å². The van der Waals surface area contributed by atoms with Gasteiger partial charge in [0.1, 0.15) is 0 Å². The second-order valence-electron chi connectivity index (χ2n) is 6.83. The van der Waals surface area contributed by atoms with Gasteiger partial charge in [-0.1, -0.05) is 48.0 Å². The monoisotopic (exact) mass is 260 g/mol. The molecule has 0 saturated carbocycles. The zero-order valence-corrected chi connectivity index (χ0v) is 13.8. The van der Waals surface area contributed by atoms with Gasteiger partial charge in [0.2, 0.25) is 0 Å². The molecule has 4 atom stereocenters. The molecule has 17 heavy (non-hydrogen) atoms.